The lowest BCUT2D eigenvalue weighted by atomic mass is 9.94. The van der Waals surface area contributed by atoms with Gasteiger partial charge in [0.25, 0.3) is 5.91 Å². The lowest BCUT2D eigenvalue weighted by molar-refractivity contribution is -0.117. The first kappa shape index (κ1) is 23.7. The molecular weight excluding hydrogens is 448 g/mol. The summed E-state index contributed by atoms with van der Waals surface area (Å²) in [5, 5.41) is 11.7. The number of aliphatic hydroxyl groups excluding tert-OH is 1. The molecule has 1 aromatic heterocycles. The molecule has 2 aromatic carbocycles. The van der Waals surface area contributed by atoms with Gasteiger partial charge in [0.05, 0.1) is 33.8 Å². The summed E-state index contributed by atoms with van der Waals surface area (Å²) < 4.78 is 5.91. The lowest BCUT2D eigenvalue weighted by Crippen LogP contribution is -2.31. The van der Waals surface area contributed by atoms with Crippen molar-refractivity contribution in [1.29, 1.82) is 0 Å². The highest BCUT2D eigenvalue weighted by atomic mass is 32.1. The van der Waals surface area contributed by atoms with E-state index in [1.165, 1.54) is 16.2 Å². The molecule has 0 fully saturated rings. The summed E-state index contributed by atoms with van der Waals surface area (Å²) in [6.45, 7) is 10.2. The standard InChI is InChI=1S/C27H28N2O4S/c1-15(2)14-33-21-8-6-7-19(13-21)23-22(24(30)26-17(4)28-18(5)34-26)25(31)27(32)29(23)20-11-9-16(3)10-12-20/h6-13,15,23,31H,14H2,1-5H3. The van der Waals surface area contributed by atoms with Gasteiger partial charge in [-0.25, -0.2) is 4.98 Å². The third-order valence-corrected chi connectivity index (χ3v) is 6.70. The Morgan fingerprint density at radius 3 is 2.47 bits per heavy atom. The second kappa shape index (κ2) is 9.43. The fourth-order valence-corrected chi connectivity index (χ4v) is 4.90. The van der Waals surface area contributed by atoms with Gasteiger partial charge in [0, 0.05) is 5.69 Å². The number of benzene rings is 2. The molecule has 7 heteroatoms. The predicted octanol–water partition coefficient (Wildman–Crippen LogP) is 5.89. The zero-order chi connectivity index (χ0) is 24.6. The number of aryl methyl sites for hydroxylation is 3. The molecule has 1 aliphatic heterocycles. The molecule has 1 amide bonds. The topological polar surface area (TPSA) is 79.7 Å². The molecule has 0 saturated heterocycles. The Hall–Kier alpha value is -3.45. The number of carbonyl (C=O) groups is 2. The Morgan fingerprint density at radius 2 is 1.85 bits per heavy atom. The number of thiazole rings is 1. The number of hydrogen-bond acceptors (Lipinski definition) is 6. The normalized spacial score (nSPS) is 16.0. The number of Topliss-reactive ketones (excluding diaryl/α,β-unsaturated/α-hetero) is 1. The average molecular weight is 477 g/mol. The molecule has 1 aliphatic rings. The van der Waals surface area contributed by atoms with E-state index in [1.807, 2.05) is 62.4 Å². The van der Waals surface area contributed by atoms with Crippen molar-refractivity contribution < 1.29 is 19.4 Å². The van der Waals surface area contributed by atoms with Crippen LogP contribution in [0.3, 0.4) is 0 Å². The maximum Gasteiger partial charge on any atom is 0.294 e. The minimum atomic E-state index is -0.799. The number of ketones is 1. The van der Waals surface area contributed by atoms with Crippen molar-refractivity contribution in [2.24, 2.45) is 5.92 Å². The third-order valence-electron chi connectivity index (χ3n) is 5.63. The molecule has 1 atom stereocenters. The lowest BCUT2D eigenvalue weighted by Gasteiger charge is -2.27. The number of anilines is 1. The molecule has 1 unspecified atom stereocenters. The Morgan fingerprint density at radius 1 is 1.15 bits per heavy atom. The number of aliphatic hydroxyl groups is 1. The van der Waals surface area contributed by atoms with Gasteiger partial charge in [0.2, 0.25) is 5.78 Å². The molecule has 6 nitrogen and oxygen atoms in total. The summed E-state index contributed by atoms with van der Waals surface area (Å²) >= 11 is 1.26. The van der Waals surface area contributed by atoms with Gasteiger partial charge >= 0.3 is 0 Å². The molecular formula is C27H28N2O4S. The van der Waals surface area contributed by atoms with Gasteiger partial charge in [0.15, 0.2) is 5.76 Å². The Labute approximate surface area is 203 Å². The van der Waals surface area contributed by atoms with Crippen LogP contribution < -0.4 is 9.64 Å². The first-order valence-corrected chi connectivity index (χ1v) is 12.0. The highest BCUT2D eigenvalue weighted by molar-refractivity contribution is 7.14. The van der Waals surface area contributed by atoms with Gasteiger partial charge in [-0.1, -0.05) is 43.7 Å². The molecule has 0 radical (unpaired) electrons. The largest absolute Gasteiger partial charge is 0.503 e. The summed E-state index contributed by atoms with van der Waals surface area (Å²) in [7, 11) is 0. The smallest absolute Gasteiger partial charge is 0.294 e. The fourth-order valence-electron chi connectivity index (χ4n) is 4.03. The third kappa shape index (κ3) is 4.48. The van der Waals surface area contributed by atoms with E-state index in [-0.39, 0.29) is 11.4 Å². The van der Waals surface area contributed by atoms with Crippen LogP contribution in [-0.4, -0.2) is 28.4 Å². The number of carbonyl (C=O) groups excluding carboxylic acids is 2. The highest BCUT2D eigenvalue weighted by Crippen LogP contribution is 2.43. The molecule has 2 heterocycles. The van der Waals surface area contributed by atoms with Crippen LogP contribution in [0.4, 0.5) is 5.69 Å². The summed E-state index contributed by atoms with van der Waals surface area (Å²) in [4.78, 5) is 33.3. The maximum absolute atomic E-state index is 13.7. The molecule has 34 heavy (non-hydrogen) atoms. The average Bonchev–Trinajstić information content (AvgIpc) is 3.28. The number of hydrogen-bond donors (Lipinski definition) is 1. The molecule has 1 N–H and O–H groups in total. The van der Waals surface area contributed by atoms with Gasteiger partial charge in [0.1, 0.15) is 5.75 Å². The van der Waals surface area contributed by atoms with Crippen molar-refractivity contribution >= 4 is 28.7 Å². The van der Waals surface area contributed by atoms with Crippen molar-refractivity contribution in [3.8, 4) is 5.75 Å². The monoisotopic (exact) mass is 476 g/mol. The van der Waals surface area contributed by atoms with Gasteiger partial charge in [-0.05, 0) is 56.5 Å². The Kier molecular flexibility index (Phi) is 6.57. The van der Waals surface area contributed by atoms with Crippen LogP contribution >= 0.6 is 11.3 Å². The number of aromatic nitrogens is 1. The van der Waals surface area contributed by atoms with Crippen LogP contribution in [0.1, 0.15) is 51.4 Å². The molecule has 0 saturated carbocycles. The van der Waals surface area contributed by atoms with Crippen molar-refractivity contribution in [3.05, 3.63) is 86.6 Å². The number of rotatable bonds is 7. The van der Waals surface area contributed by atoms with E-state index in [1.54, 1.807) is 6.92 Å². The Balaban J connectivity index is 1.85. The minimum absolute atomic E-state index is 0.0540. The highest BCUT2D eigenvalue weighted by Gasteiger charge is 2.45. The van der Waals surface area contributed by atoms with Crippen molar-refractivity contribution in [1.82, 2.24) is 4.98 Å². The van der Waals surface area contributed by atoms with E-state index in [0.29, 0.717) is 40.1 Å². The molecule has 3 aromatic rings. The van der Waals surface area contributed by atoms with E-state index in [9.17, 15) is 14.7 Å². The van der Waals surface area contributed by atoms with Crippen LogP contribution in [0.15, 0.2) is 59.9 Å². The fraction of sp³-hybridized carbons (Fsp3) is 0.296. The molecule has 176 valence electrons. The first-order chi connectivity index (χ1) is 16.2. The minimum Gasteiger partial charge on any atom is -0.503 e. The van der Waals surface area contributed by atoms with Crippen LogP contribution in [0, 0.1) is 26.7 Å². The zero-order valence-corrected chi connectivity index (χ0v) is 20.8. The maximum atomic E-state index is 13.7. The van der Waals surface area contributed by atoms with Gasteiger partial charge in [-0.2, -0.15) is 0 Å². The number of amides is 1. The summed E-state index contributed by atoms with van der Waals surface area (Å²) in [6.07, 6.45) is 0. The number of ether oxygens (including phenoxy) is 1. The van der Waals surface area contributed by atoms with Crippen LogP contribution in [0.25, 0.3) is 0 Å². The van der Waals surface area contributed by atoms with Crippen LogP contribution in [0.5, 0.6) is 5.75 Å². The summed E-state index contributed by atoms with van der Waals surface area (Å²) in [5.41, 5.74) is 2.96. The quantitative estimate of drug-likeness (QED) is 0.430. The Bertz CT molecular complexity index is 1270. The first-order valence-electron chi connectivity index (χ1n) is 11.2. The van der Waals surface area contributed by atoms with Crippen molar-refractivity contribution in [3.63, 3.8) is 0 Å². The van der Waals surface area contributed by atoms with Gasteiger partial charge < -0.3 is 9.84 Å². The van der Waals surface area contributed by atoms with E-state index >= 15 is 0 Å². The van der Waals surface area contributed by atoms with Gasteiger partial charge in [-0.3, -0.25) is 14.5 Å². The number of nitrogens with zero attached hydrogens (tertiary/aromatic N) is 2. The van der Waals surface area contributed by atoms with Crippen LogP contribution in [-0.2, 0) is 4.79 Å². The zero-order valence-electron chi connectivity index (χ0n) is 20.0. The van der Waals surface area contributed by atoms with Crippen molar-refractivity contribution in [2.45, 2.75) is 40.7 Å². The summed E-state index contributed by atoms with van der Waals surface area (Å²) in [5.74, 6) is -0.536. The SMILES string of the molecule is Cc1ccc(N2C(=O)C(O)=C(C(=O)c3sc(C)nc3C)C2c2cccc(OCC(C)C)c2)cc1. The van der Waals surface area contributed by atoms with E-state index < -0.39 is 17.7 Å². The van der Waals surface area contributed by atoms with E-state index in [4.69, 9.17) is 4.74 Å². The molecule has 0 aliphatic carbocycles. The van der Waals surface area contributed by atoms with Crippen LogP contribution in [0.2, 0.25) is 0 Å². The van der Waals surface area contributed by atoms with E-state index in [2.05, 4.69) is 18.8 Å². The van der Waals surface area contributed by atoms with Crippen molar-refractivity contribution in [2.75, 3.05) is 11.5 Å². The molecule has 4 rings (SSSR count). The molecule has 0 bridgehead atoms. The predicted molar refractivity (Wildman–Crippen MR) is 134 cm³/mol. The van der Waals surface area contributed by atoms with E-state index in [0.717, 1.165) is 10.6 Å². The van der Waals surface area contributed by atoms with Gasteiger partial charge in [-0.15, -0.1) is 11.3 Å². The second-order valence-corrected chi connectivity index (χ2v) is 10.1. The second-order valence-electron chi connectivity index (χ2n) is 8.93. The molecule has 0 spiro atoms. The summed E-state index contributed by atoms with van der Waals surface area (Å²) in [6, 6.07) is 14.0.